The van der Waals surface area contributed by atoms with Gasteiger partial charge in [0.1, 0.15) is 12.6 Å². The third-order valence-electron chi connectivity index (χ3n) is 6.27. The van der Waals surface area contributed by atoms with Crippen molar-refractivity contribution in [3.63, 3.8) is 0 Å². The molecular formula is C26H28N4O5. The number of hydrogen-bond donors (Lipinski definition) is 3. The molecule has 9 nitrogen and oxygen atoms in total. The summed E-state index contributed by atoms with van der Waals surface area (Å²) in [6, 6.07) is 15.1. The fourth-order valence-corrected chi connectivity index (χ4v) is 4.40. The van der Waals surface area contributed by atoms with Crippen LogP contribution in [0.4, 0.5) is 4.79 Å². The first-order valence-electron chi connectivity index (χ1n) is 11.4. The minimum atomic E-state index is -1.12. The zero-order chi connectivity index (χ0) is 25.1. The molecular weight excluding hydrogens is 448 g/mol. The van der Waals surface area contributed by atoms with E-state index in [-0.39, 0.29) is 30.6 Å². The van der Waals surface area contributed by atoms with Gasteiger partial charge in [-0.3, -0.25) is 9.48 Å². The molecule has 0 fully saturated rings. The number of benzene rings is 2. The first-order valence-corrected chi connectivity index (χ1v) is 11.4. The second-order valence-corrected chi connectivity index (χ2v) is 8.84. The number of rotatable bonds is 8. The van der Waals surface area contributed by atoms with E-state index in [4.69, 9.17) is 4.74 Å². The SMILES string of the molecule is CC(C)C(NC(=O)c1cnn(C)c1CNC(=O)OCC1c2ccccc2-c2ccccc21)C(=O)O. The van der Waals surface area contributed by atoms with E-state index >= 15 is 0 Å². The van der Waals surface area contributed by atoms with E-state index < -0.39 is 24.0 Å². The Morgan fingerprint density at radius 3 is 2.23 bits per heavy atom. The van der Waals surface area contributed by atoms with Crippen molar-refractivity contribution in [1.29, 1.82) is 0 Å². The molecule has 4 rings (SSSR count). The van der Waals surface area contributed by atoms with E-state index in [1.807, 2.05) is 36.4 Å². The van der Waals surface area contributed by atoms with Crippen molar-refractivity contribution >= 4 is 18.0 Å². The second kappa shape index (κ2) is 10.0. The predicted octanol–water partition coefficient (Wildman–Crippen LogP) is 3.30. The molecule has 1 atom stereocenters. The number of carbonyl (C=O) groups is 3. The van der Waals surface area contributed by atoms with E-state index in [1.165, 1.54) is 10.9 Å². The Balaban J connectivity index is 1.39. The summed E-state index contributed by atoms with van der Waals surface area (Å²) in [5.74, 6) is -2.04. The fraction of sp³-hybridized carbons (Fsp3) is 0.308. The second-order valence-electron chi connectivity index (χ2n) is 8.84. The number of carboxylic acids is 1. The zero-order valence-corrected chi connectivity index (χ0v) is 19.8. The molecule has 1 heterocycles. The quantitative estimate of drug-likeness (QED) is 0.459. The standard InChI is InChI=1S/C26H28N4O5/c1-15(2)23(25(32)33)29-24(31)20-12-28-30(3)22(20)13-27-26(34)35-14-21-18-10-6-4-8-16(18)17-9-5-7-11-19(17)21/h4-12,15,21,23H,13-14H2,1-3H3,(H,27,34)(H,29,31)(H,32,33). The monoisotopic (exact) mass is 476 g/mol. The van der Waals surface area contributed by atoms with Gasteiger partial charge in [0.2, 0.25) is 0 Å². The molecule has 1 aliphatic carbocycles. The lowest BCUT2D eigenvalue weighted by atomic mass is 9.98. The molecule has 0 saturated heterocycles. The van der Waals surface area contributed by atoms with Gasteiger partial charge < -0.3 is 20.5 Å². The minimum absolute atomic E-state index is 0.00462. The smallest absolute Gasteiger partial charge is 0.407 e. The van der Waals surface area contributed by atoms with Gasteiger partial charge in [0.05, 0.1) is 24.0 Å². The van der Waals surface area contributed by atoms with Crippen molar-refractivity contribution in [3.8, 4) is 11.1 Å². The highest BCUT2D eigenvalue weighted by Gasteiger charge is 2.29. The van der Waals surface area contributed by atoms with Crippen LogP contribution in [0.15, 0.2) is 54.7 Å². The largest absolute Gasteiger partial charge is 0.480 e. The van der Waals surface area contributed by atoms with Gasteiger partial charge in [0.15, 0.2) is 0 Å². The van der Waals surface area contributed by atoms with Crippen LogP contribution in [-0.4, -0.2) is 45.5 Å². The summed E-state index contributed by atoms with van der Waals surface area (Å²) in [5.41, 5.74) is 5.14. The average Bonchev–Trinajstić information content (AvgIpc) is 3.37. The number of carboxylic acid groups (broad SMARTS) is 1. The number of nitrogens with zero attached hydrogens (tertiary/aromatic N) is 2. The lowest BCUT2D eigenvalue weighted by Gasteiger charge is -2.18. The zero-order valence-electron chi connectivity index (χ0n) is 19.8. The summed E-state index contributed by atoms with van der Waals surface area (Å²) in [6.45, 7) is 3.59. The molecule has 0 bridgehead atoms. The van der Waals surface area contributed by atoms with Crippen molar-refractivity contribution in [3.05, 3.63) is 77.1 Å². The Kier molecular flexibility index (Phi) is 6.86. The van der Waals surface area contributed by atoms with Gasteiger partial charge in [-0.1, -0.05) is 62.4 Å². The molecule has 1 aromatic heterocycles. The molecule has 9 heteroatoms. The molecule has 0 aliphatic heterocycles. The lowest BCUT2D eigenvalue weighted by molar-refractivity contribution is -0.140. The molecule has 0 spiro atoms. The highest BCUT2D eigenvalue weighted by molar-refractivity contribution is 5.97. The molecule has 0 radical (unpaired) electrons. The van der Waals surface area contributed by atoms with E-state index in [0.717, 1.165) is 22.3 Å². The lowest BCUT2D eigenvalue weighted by Crippen LogP contribution is -2.44. The molecule has 1 aliphatic rings. The van der Waals surface area contributed by atoms with Gasteiger partial charge in [-0.15, -0.1) is 0 Å². The molecule has 0 saturated carbocycles. The van der Waals surface area contributed by atoms with E-state index in [1.54, 1.807) is 20.9 Å². The van der Waals surface area contributed by atoms with Gasteiger partial charge in [-0.25, -0.2) is 9.59 Å². The van der Waals surface area contributed by atoms with Gasteiger partial charge >= 0.3 is 12.1 Å². The summed E-state index contributed by atoms with van der Waals surface area (Å²) in [4.78, 5) is 36.7. The Morgan fingerprint density at radius 1 is 1.06 bits per heavy atom. The van der Waals surface area contributed by atoms with E-state index in [2.05, 4.69) is 27.9 Å². The number of carbonyl (C=O) groups excluding carboxylic acids is 2. The topological polar surface area (TPSA) is 123 Å². The Bertz CT molecular complexity index is 1220. The summed E-state index contributed by atoms with van der Waals surface area (Å²) in [5, 5.41) is 18.6. The number of ether oxygens (including phenoxy) is 1. The van der Waals surface area contributed by atoms with Gasteiger partial charge in [0, 0.05) is 13.0 Å². The van der Waals surface area contributed by atoms with Crippen molar-refractivity contribution in [2.75, 3.05) is 6.61 Å². The van der Waals surface area contributed by atoms with Crippen LogP contribution in [0.1, 0.15) is 46.9 Å². The van der Waals surface area contributed by atoms with Crippen molar-refractivity contribution in [1.82, 2.24) is 20.4 Å². The number of aromatic nitrogens is 2. The number of hydrogen-bond acceptors (Lipinski definition) is 5. The van der Waals surface area contributed by atoms with Crippen LogP contribution >= 0.6 is 0 Å². The van der Waals surface area contributed by atoms with Crippen LogP contribution in [0.2, 0.25) is 0 Å². The summed E-state index contributed by atoms with van der Waals surface area (Å²) >= 11 is 0. The van der Waals surface area contributed by atoms with Crippen LogP contribution in [0.3, 0.4) is 0 Å². The van der Waals surface area contributed by atoms with Crippen LogP contribution in [0.25, 0.3) is 11.1 Å². The highest BCUT2D eigenvalue weighted by atomic mass is 16.5. The Hall–Kier alpha value is -4.14. The average molecular weight is 477 g/mol. The number of nitrogens with one attached hydrogen (secondary N) is 2. The van der Waals surface area contributed by atoms with Crippen molar-refractivity contribution < 1.29 is 24.2 Å². The minimum Gasteiger partial charge on any atom is -0.480 e. The fourth-order valence-electron chi connectivity index (χ4n) is 4.40. The van der Waals surface area contributed by atoms with Gasteiger partial charge in [-0.05, 0) is 28.2 Å². The molecule has 1 unspecified atom stereocenters. The first kappa shape index (κ1) is 24.0. The molecule has 35 heavy (non-hydrogen) atoms. The maximum Gasteiger partial charge on any atom is 0.407 e. The van der Waals surface area contributed by atoms with E-state index in [0.29, 0.717) is 5.69 Å². The molecule has 2 amide bonds. The maximum atomic E-state index is 12.7. The Labute approximate surface area is 203 Å². The molecule has 3 aromatic rings. The number of amides is 2. The highest BCUT2D eigenvalue weighted by Crippen LogP contribution is 2.44. The maximum absolute atomic E-state index is 12.7. The Morgan fingerprint density at radius 2 is 1.66 bits per heavy atom. The third kappa shape index (κ3) is 4.89. The predicted molar refractivity (Wildman–Crippen MR) is 129 cm³/mol. The van der Waals surface area contributed by atoms with Crippen LogP contribution < -0.4 is 10.6 Å². The van der Waals surface area contributed by atoms with Crippen molar-refractivity contribution in [2.45, 2.75) is 32.4 Å². The van der Waals surface area contributed by atoms with Crippen LogP contribution in [-0.2, 0) is 23.1 Å². The number of alkyl carbamates (subject to hydrolysis) is 1. The normalized spacial score (nSPS) is 13.1. The molecule has 182 valence electrons. The van der Waals surface area contributed by atoms with Crippen LogP contribution in [0.5, 0.6) is 0 Å². The summed E-state index contributed by atoms with van der Waals surface area (Å²) < 4.78 is 7.01. The third-order valence-corrected chi connectivity index (χ3v) is 6.27. The van der Waals surface area contributed by atoms with Gasteiger partial charge in [-0.2, -0.15) is 5.10 Å². The van der Waals surface area contributed by atoms with E-state index in [9.17, 15) is 19.5 Å². The van der Waals surface area contributed by atoms with Gasteiger partial charge in [0.25, 0.3) is 5.91 Å². The molecule has 3 N–H and O–H groups in total. The molecule has 2 aromatic carbocycles. The number of aryl methyl sites for hydroxylation is 1. The first-order chi connectivity index (χ1) is 16.8. The number of aliphatic carboxylic acids is 1. The summed E-state index contributed by atoms with van der Waals surface area (Å²) in [7, 11) is 1.64. The number of fused-ring (bicyclic) bond motifs is 3. The van der Waals surface area contributed by atoms with Crippen LogP contribution in [0, 0.1) is 5.92 Å². The summed E-state index contributed by atoms with van der Waals surface area (Å²) in [6.07, 6.45) is 0.730. The van der Waals surface area contributed by atoms with Crippen molar-refractivity contribution in [2.24, 2.45) is 13.0 Å².